The molecule has 2 N–H and O–H groups in total. The van der Waals surface area contributed by atoms with Crippen LogP contribution in [0.1, 0.15) is 32.8 Å². The molecule has 172 valence electrons. The van der Waals surface area contributed by atoms with Gasteiger partial charge in [0.25, 0.3) is 11.1 Å². The van der Waals surface area contributed by atoms with Crippen molar-refractivity contribution in [2.45, 2.75) is 32.8 Å². The molecule has 0 spiro atoms. The Kier molecular flexibility index (Phi) is 7.39. The highest BCUT2D eigenvalue weighted by Crippen LogP contribution is 2.29. The summed E-state index contributed by atoms with van der Waals surface area (Å²) in [5.74, 6) is 0.248. The lowest BCUT2D eigenvalue weighted by atomic mass is 10.2. The highest BCUT2D eigenvalue weighted by atomic mass is 32.2. The Morgan fingerprint density at radius 3 is 2.59 bits per heavy atom. The number of ether oxygens (including phenoxy) is 1. The molecule has 3 heterocycles. The summed E-state index contributed by atoms with van der Waals surface area (Å²) in [6.45, 7) is 7.75. The Labute approximate surface area is 190 Å². The number of aromatic nitrogens is 1. The third-order valence-corrected chi connectivity index (χ3v) is 5.50. The van der Waals surface area contributed by atoms with Gasteiger partial charge in [-0.2, -0.15) is 0 Å². The average molecular weight is 462 g/mol. The van der Waals surface area contributed by atoms with Crippen molar-refractivity contribution in [2.75, 3.05) is 37.6 Å². The maximum atomic E-state index is 12.5. The monoisotopic (exact) mass is 461 g/mol. The summed E-state index contributed by atoms with van der Waals surface area (Å²) in [6.07, 6.45) is 2.99. The second-order valence-electron chi connectivity index (χ2n) is 8.31. The van der Waals surface area contributed by atoms with Crippen LogP contribution in [0.3, 0.4) is 0 Å². The van der Waals surface area contributed by atoms with Crippen LogP contribution in [0, 0.1) is 0 Å². The fraction of sp³-hybridized carbons (Fsp3) is 0.476. The molecule has 4 amide bonds. The topological polar surface area (TPSA) is 121 Å². The molecule has 2 saturated heterocycles. The molecular weight excluding hydrogens is 434 g/mol. The van der Waals surface area contributed by atoms with Gasteiger partial charge < -0.3 is 19.9 Å². The normalized spacial score (nSPS) is 18.0. The molecule has 1 aromatic heterocycles. The third kappa shape index (κ3) is 6.46. The van der Waals surface area contributed by atoms with Crippen LogP contribution in [0.5, 0.6) is 0 Å². The molecule has 1 aromatic rings. The predicted octanol–water partition coefficient (Wildman–Crippen LogP) is 1.97. The molecule has 2 fully saturated rings. The molecule has 11 heteroatoms. The molecule has 10 nitrogen and oxygen atoms in total. The number of hydrogen-bond acceptors (Lipinski definition) is 8. The first-order chi connectivity index (χ1) is 15.1. The summed E-state index contributed by atoms with van der Waals surface area (Å²) in [5, 5.41) is 4.45. The number of rotatable bonds is 5. The van der Waals surface area contributed by atoms with Gasteiger partial charge in [-0.25, -0.2) is 9.78 Å². The van der Waals surface area contributed by atoms with Crippen molar-refractivity contribution in [3.63, 3.8) is 0 Å². The zero-order chi connectivity index (χ0) is 23.3. The molecular formula is C21H27N5O5S. The number of carbonyl (C=O) groups excluding carboxylic acids is 4. The summed E-state index contributed by atoms with van der Waals surface area (Å²) < 4.78 is 5.16. The Morgan fingerprint density at radius 1 is 1.25 bits per heavy atom. The number of carbonyl (C=O) groups is 4. The fourth-order valence-electron chi connectivity index (χ4n) is 3.26. The molecule has 3 rings (SSSR count). The number of piperazine rings is 1. The van der Waals surface area contributed by atoms with Crippen LogP contribution in [0.2, 0.25) is 0 Å². The zero-order valence-corrected chi connectivity index (χ0v) is 19.2. The quantitative estimate of drug-likeness (QED) is 0.639. The van der Waals surface area contributed by atoms with Gasteiger partial charge in [-0.1, -0.05) is 0 Å². The van der Waals surface area contributed by atoms with Crippen LogP contribution >= 0.6 is 11.8 Å². The summed E-state index contributed by atoms with van der Waals surface area (Å²) in [7, 11) is 0. The first kappa shape index (κ1) is 23.6. The predicted molar refractivity (Wildman–Crippen MR) is 121 cm³/mol. The van der Waals surface area contributed by atoms with Crippen molar-refractivity contribution in [2.24, 2.45) is 0 Å². The van der Waals surface area contributed by atoms with Crippen molar-refractivity contribution in [3.8, 4) is 0 Å². The first-order valence-electron chi connectivity index (χ1n) is 10.3. The van der Waals surface area contributed by atoms with E-state index in [1.807, 2.05) is 6.07 Å². The van der Waals surface area contributed by atoms with E-state index in [9.17, 15) is 19.2 Å². The number of thioether (sulfide) groups is 1. The fourth-order valence-corrected chi connectivity index (χ4v) is 3.93. The van der Waals surface area contributed by atoms with Crippen molar-refractivity contribution in [1.29, 1.82) is 0 Å². The molecule has 0 bridgehead atoms. The van der Waals surface area contributed by atoms with E-state index < -0.39 is 17.6 Å². The van der Waals surface area contributed by atoms with Crippen molar-refractivity contribution in [1.82, 2.24) is 20.5 Å². The van der Waals surface area contributed by atoms with Gasteiger partial charge >= 0.3 is 6.09 Å². The molecule has 0 atom stereocenters. The minimum Gasteiger partial charge on any atom is -0.444 e. The van der Waals surface area contributed by atoms with Gasteiger partial charge in [-0.05, 0) is 50.7 Å². The lowest BCUT2D eigenvalue weighted by Crippen LogP contribution is -2.49. The van der Waals surface area contributed by atoms with Crippen LogP contribution in [-0.2, 0) is 14.3 Å². The van der Waals surface area contributed by atoms with Gasteiger partial charge in [0, 0.05) is 50.9 Å². The molecule has 2 aliphatic rings. The first-order valence-corrected chi connectivity index (χ1v) is 11.1. The largest absolute Gasteiger partial charge is 0.444 e. The van der Waals surface area contributed by atoms with Crippen LogP contribution in [0.4, 0.5) is 15.4 Å². The molecule has 32 heavy (non-hydrogen) atoms. The lowest BCUT2D eigenvalue weighted by Gasteiger charge is -2.36. The second kappa shape index (κ2) is 10.0. The van der Waals surface area contributed by atoms with Crippen LogP contribution in [0.15, 0.2) is 23.2 Å². The molecule has 0 unspecified atom stereocenters. The zero-order valence-electron chi connectivity index (χ0n) is 18.3. The van der Waals surface area contributed by atoms with E-state index in [1.165, 1.54) is 0 Å². The number of nitrogens with one attached hydrogen (secondary N) is 2. The maximum Gasteiger partial charge on any atom is 0.407 e. The number of nitrogens with zero attached hydrogens (tertiary/aromatic N) is 3. The summed E-state index contributed by atoms with van der Waals surface area (Å²) in [5.41, 5.74) is 0.154. The van der Waals surface area contributed by atoms with Crippen molar-refractivity contribution in [3.05, 3.63) is 28.8 Å². The van der Waals surface area contributed by atoms with E-state index in [0.29, 0.717) is 36.9 Å². The van der Waals surface area contributed by atoms with Crippen molar-refractivity contribution < 1.29 is 23.9 Å². The number of anilines is 1. The molecule has 0 aromatic carbocycles. The van der Waals surface area contributed by atoms with Crippen LogP contribution in [-0.4, -0.2) is 71.4 Å². The SMILES string of the molecule is CC(C)(C)OC(=O)NCCC(=O)N1CCN(c2ncccc2/C=C2/SC(=O)NC2=O)CC1. The van der Waals surface area contributed by atoms with Crippen molar-refractivity contribution >= 4 is 46.8 Å². The number of alkyl carbamates (subject to hydrolysis) is 1. The van der Waals surface area contributed by atoms with E-state index in [-0.39, 0.29) is 24.1 Å². The standard InChI is InChI=1S/C21H27N5O5S/c1-21(2,3)31-19(29)23-8-6-16(27)25-9-11-26(12-10-25)17-14(5-4-7-22-17)13-15-18(28)24-20(30)32-15/h4-5,7,13H,6,8-12H2,1-3H3,(H,23,29)(H,24,28,30)/b15-13+. The summed E-state index contributed by atoms with van der Waals surface area (Å²) in [6, 6.07) is 3.61. The van der Waals surface area contributed by atoms with E-state index in [4.69, 9.17) is 4.74 Å². The third-order valence-electron chi connectivity index (χ3n) is 4.68. The summed E-state index contributed by atoms with van der Waals surface area (Å²) in [4.78, 5) is 56.0. The molecule has 0 aliphatic carbocycles. The van der Waals surface area contributed by atoms with Crippen LogP contribution < -0.4 is 15.5 Å². The minimum absolute atomic E-state index is 0.0402. The maximum absolute atomic E-state index is 12.5. The Balaban J connectivity index is 1.52. The Bertz CT molecular complexity index is 935. The molecule has 2 aliphatic heterocycles. The highest BCUT2D eigenvalue weighted by molar-refractivity contribution is 8.18. The van der Waals surface area contributed by atoms with E-state index in [0.717, 1.165) is 17.3 Å². The van der Waals surface area contributed by atoms with E-state index >= 15 is 0 Å². The molecule has 0 saturated carbocycles. The van der Waals surface area contributed by atoms with Gasteiger partial charge in [0.15, 0.2) is 0 Å². The van der Waals surface area contributed by atoms with E-state index in [1.54, 1.807) is 44.0 Å². The average Bonchev–Trinajstić information content (AvgIpc) is 3.04. The van der Waals surface area contributed by atoms with Gasteiger partial charge in [0.05, 0.1) is 4.91 Å². The Hall–Kier alpha value is -3.08. The lowest BCUT2D eigenvalue weighted by molar-refractivity contribution is -0.131. The van der Waals surface area contributed by atoms with Gasteiger partial charge in [-0.3, -0.25) is 19.7 Å². The molecule has 0 radical (unpaired) electrons. The second-order valence-corrected chi connectivity index (χ2v) is 9.33. The smallest absolute Gasteiger partial charge is 0.407 e. The van der Waals surface area contributed by atoms with Gasteiger partial charge in [-0.15, -0.1) is 0 Å². The minimum atomic E-state index is -0.583. The number of imide groups is 1. The number of pyridine rings is 1. The van der Waals surface area contributed by atoms with Gasteiger partial charge in [0.1, 0.15) is 11.4 Å². The van der Waals surface area contributed by atoms with Crippen LogP contribution in [0.25, 0.3) is 6.08 Å². The van der Waals surface area contributed by atoms with E-state index in [2.05, 4.69) is 20.5 Å². The van der Waals surface area contributed by atoms with Gasteiger partial charge in [0.2, 0.25) is 5.91 Å². The number of amides is 4. The Morgan fingerprint density at radius 2 is 1.97 bits per heavy atom. The highest BCUT2D eigenvalue weighted by Gasteiger charge is 2.27. The number of hydrogen-bond donors (Lipinski definition) is 2. The summed E-state index contributed by atoms with van der Waals surface area (Å²) >= 11 is 0.864.